The first-order valence-electron chi connectivity index (χ1n) is 7.72. The SMILES string of the molecule is CC(=O)O[C@@H]1[C@H](Br)[C@@H](OC(C)=O)C=C(c2ccccc2)[C@H]1OC(C)=O. The Morgan fingerprint density at radius 3 is 1.96 bits per heavy atom. The van der Waals surface area contributed by atoms with E-state index < -0.39 is 41.0 Å². The van der Waals surface area contributed by atoms with Crippen molar-refractivity contribution in [1.82, 2.24) is 0 Å². The number of hydrogen-bond acceptors (Lipinski definition) is 6. The molecule has 0 aromatic heterocycles. The molecule has 0 fully saturated rings. The summed E-state index contributed by atoms with van der Waals surface area (Å²) in [5, 5.41) is 0. The van der Waals surface area contributed by atoms with Gasteiger partial charge in [-0.15, -0.1) is 0 Å². The lowest BCUT2D eigenvalue weighted by Crippen LogP contribution is -2.50. The van der Waals surface area contributed by atoms with Crippen molar-refractivity contribution in [1.29, 1.82) is 0 Å². The Morgan fingerprint density at radius 1 is 0.880 bits per heavy atom. The van der Waals surface area contributed by atoms with Crippen LogP contribution >= 0.6 is 15.9 Å². The first-order valence-corrected chi connectivity index (χ1v) is 8.64. The maximum absolute atomic E-state index is 11.6. The van der Waals surface area contributed by atoms with E-state index in [2.05, 4.69) is 15.9 Å². The van der Waals surface area contributed by atoms with E-state index in [0.717, 1.165) is 5.56 Å². The third kappa shape index (κ3) is 4.92. The summed E-state index contributed by atoms with van der Waals surface area (Å²) in [5.41, 5.74) is 1.39. The van der Waals surface area contributed by atoms with Crippen LogP contribution in [0.4, 0.5) is 0 Å². The fourth-order valence-electron chi connectivity index (χ4n) is 2.70. The second-order valence-corrected chi connectivity index (χ2v) is 6.67. The van der Waals surface area contributed by atoms with E-state index in [-0.39, 0.29) is 0 Å². The number of rotatable bonds is 4. The fraction of sp³-hybridized carbons (Fsp3) is 0.389. The van der Waals surface area contributed by atoms with Crippen LogP contribution in [0.1, 0.15) is 26.3 Å². The number of hydrogen-bond donors (Lipinski definition) is 0. The first kappa shape index (κ1) is 19.2. The van der Waals surface area contributed by atoms with Gasteiger partial charge < -0.3 is 14.2 Å². The standard InChI is InChI=1S/C18H19BrO6/c1-10(20)23-15-9-14(13-7-5-4-6-8-13)17(24-11(2)21)18(16(15)19)25-12(3)22/h4-9,15-18H,1-3H3/t15-,16+,17+,18+/m0/s1. The van der Waals surface area contributed by atoms with Crippen LogP contribution in [0, 0.1) is 0 Å². The van der Waals surface area contributed by atoms with Gasteiger partial charge in [0.1, 0.15) is 6.10 Å². The molecule has 0 N–H and O–H groups in total. The highest BCUT2D eigenvalue weighted by Gasteiger charge is 2.45. The Bertz CT molecular complexity index is 684. The predicted octanol–water partition coefficient (Wildman–Crippen LogP) is 2.64. The van der Waals surface area contributed by atoms with Crippen LogP contribution in [0.3, 0.4) is 0 Å². The van der Waals surface area contributed by atoms with Crippen LogP contribution in [-0.4, -0.2) is 41.0 Å². The van der Waals surface area contributed by atoms with E-state index in [0.29, 0.717) is 5.57 Å². The molecule has 0 aliphatic heterocycles. The fourth-order valence-corrected chi connectivity index (χ4v) is 3.35. The summed E-state index contributed by atoms with van der Waals surface area (Å²) < 4.78 is 16.2. The highest BCUT2D eigenvalue weighted by atomic mass is 79.9. The van der Waals surface area contributed by atoms with E-state index in [9.17, 15) is 14.4 Å². The number of alkyl halides is 1. The molecule has 1 aromatic carbocycles. The van der Waals surface area contributed by atoms with Crippen molar-refractivity contribution in [2.45, 2.75) is 43.9 Å². The number of ether oxygens (including phenoxy) is 3. The molecule has 0 saturated carbocycles. The van der Waals surface area contributed by atoms with Crippen LogP contribution in [0.25, 0.3) is 5.57 Å². The van der Waals surface area contributed by atoms with Crippen molar-refractivity contribution >= 4 is 39.4 Å². The Labute approximate surface area is 154 Å². The lowest BCUT2D eigenvalue weighted by atomic mass is 9.87. The van der Waals surface area contributed by atoms with E-state index >= 15 is 0 Å². The summed E-state index contributed by atoms with van der Waals surface area (Å²) in [6, 6.07) is 9.21. The molecule has 134 valence electrons. The molecule has 25 heavy (non-hydrogen) atoms. The summed E-state index contributed by atoms with van der Waals surface area (Å²) in [5.74, 6) is -1.50. The van der Waals surface area contributed by atoms with Crippen LogP contribution < -0.4 is 0 Å². The number of carbonyl (C=O) groups is 3. The Balaban J connectivity index is 2.52. The minimum atomic E-state index is -0.842. The topological polar surface area (TPSA) is 78.9 Å². The molecule has 0 radical (unpaired) electrons. The van der Waals surface area contributed by atoms with E-state index in [1.807, 2.05) is 30.3 Å². The molecule has 6 nitrogen and oxygen atoms in total. The zero-order chi connectivity index (χ0) is 18.6. The zero-order valence-electron chi connectivity index (χ0n) is 14.1. The van der Waals surface area contributed by atoms with Gasteiger partial charge in [-0.3, -0.25) is 14.4 Å². The molecule has 0 unspecified atom stereocenters. The van der Waals surface area contributed by atoms with Crippen molar-refractivity contribution in [2.24, 2.45) is 0 Å². The summed E-state index contributed by atoms with van der Waals surface area (Å²) >= 11 is 3.42. The van der Waals surface area contributed by atoms with Gasteiger partial charge >= 0.3 is 17.9 Å². The Morgan fingerprint density at radius 2 is 1.44 bits per heavy atom. The van der Waals surface area contributed by atoms with Crippen molar-refractivity contribution < 1.29 is 28.6 Å². The molecule has 1 aliphatic carbocycles. The van der Waals surface area contributed by atoms with Gasteiger partial charge in [-0.05, 0) is 11.6 Å². The second kappa shape index (κ2) is 8.29. The average Bonchev–Trinajstić information content (AvgIpc) is 2.53. The molecule has 7 heteroatoms. The lowest BCUT2D eigenvalue weighted by Gasteiger charge is -2.38. The molecule has 0 saturated heterocycles. The van der Waals surface area contributed by atoms with Gasteiger partial charge in [0.05, 0.1) is 4.83 Å². The number of esters is 3. The predicted molar refractivity (Wildman–Crippen MR) is 93.8 cm³/mol. The summed E-state index contributed by atoms with van der Waals surface area (Å²) in [6.07, 6.45) is -0.626. The van der Waals surface area contributed by atoms with E-state index in [1.54, 1.807) is 6.08 Å². The minimum absolute atomic E-state index is 0.467. The van der Waals surface area contributed by atoms with Crippen LogP contribution in [0.5, 0.6) is 0 Å². The second-order valence-electron chi connectivity index (χ2n) is 5.61. The molecule has 0 amide bonds. The highest BCUT2D eigenvalue weighted by molar-refractivity contribution is 9.09. The molecule has 4 atom stereocenters. The third-order valence-corrected chi connectivity index (χ3v) is 4.62. The smallest absolute Gasteiger partial charge is 0.303 e. The van der Waals surface area contributed by atoms with Gasteiger partial charge in [-0.1, -0.05) is 46.3 Å². The quantitative estimate of drug-likeness (QED) is 0.431. The van der Waals surface area contributed by atoms with E-state index in [1.165, 1.54) is 20.8 Å². The molecule has 0 bridgehead atoms. The first-order chi connectivity index (χ1) is 11.8. The zero-order valence-corrected chi connectivity index (χ0v) is 15.7. The number of carbonyl (C=O) groups excluding carboxylic acids is 3. The number of halogens is 1. The average molecular weight is 411 g/mol. The van der Waals surface area contributed by atoms with Crippen LogP contribution in [-0.2, 0) is 28.6 Å². The van der Waals surface area contributed by atoms with Crippen LogP contribution in [0.2, 0.25) is 0 Å². The van der Waals surface area contributed by atoms with Gasteiger partial charge in [0, 0.05) is 26.3 Å². The third-order valence-electron chi connectivity index (χ3n) is 3.58. The number of benzene rings is 1. The molecule has 1 aromatic rings. The molecular weight excluding hydrogens is 392 g/mol. The molecule has 2 rings (SSSR count). The highest BCUT2D eigenvalue weighted by Crippen LogP contribution is 2.36. The molecular formula is C18H19BrO6. The monoisotopic (exact) mass is 410 g/mol. The van der Waals surface area contributed by atoms with Crippen molar-refractivity contribution in [3.63, 3.8) is 0 Å². The van der Waals surface area contributed by atoms with Gasteiger partial charge in [0.25, 0.3) is 0 Å². The minimum Gasteiger partial charge on any atom is -0.457 e. The van der Waals surface area contributed by atoms with Crippen LogP contribution in [0.15, 0.2) is 36.4 Å². The largest absolute Gasteiger partial charge is 0.457 e. The van der Waals surface area contributed by atoms with Crippen molar-refractivity contribution in [2.75, 3.05) is 0 Å². The van der Waals surface area contributed by atoms with Crippen molar-refractivity contribution in [3.8, 4) is 0 Å². The lowest BCUT2D eigenvalue weighted by molar-refractivity contribution is -0.164. The normalized spacial score (nSPS) is 25.5. The molecule has 0 spiro atoms. The molecule has 0 heterocycles. The van der Waals surface area contributed by atoms with E-state index in [4.69, 9.17) is 14.2 Å². The van der Waals surface area contributed by atoms with Gasteiger partial charge in [0.2, 0.25) is 0 Å². The Hall–Kier alpha value is -2.15. The maximum Gasteiger partial charge on any atom is 0.303 e. The van der Waals surface area contributed by atoms with Gasteiger partial charge in [0.15, 0.2) is 12.2 Å². The molecule has 1 aliphatic rings. The summed E-state index contributed by atoms with van der Waals surface area (Å²) in [4.78, 5) is 34.0. The summed E-state index contributed by atoms with van der Waals surface area (Å²) in [7, 11) is 0. The van der Waals surface area contributed by atoms with Gasteiger partial charge in [-0.2, -0.15) is 0 Å². The van der Waals surface area contributed by atoms with Crippen molar-refractivity contribution in [3.05, 3.63) is 42.0 Å². The van der Waals surface area contributed by atoms with Gasteiger partial charge in [-0.25, -0.2) is 0 Å². The maximum atomic E-state index is 11.6. The Kier molecular flexibility index (Phi) is 6.36. The summed E-state index contributed by atoms with van der Waals surface area (Å²) in [6.45, 7) is 3.86.